The summed E-state index contributed by atoms with van der Waals surface area (Å²) in [5, 5.41) is 13.6. The number of nitrogens with one attached hydrogen (secondary N) is 1. The number of hydrogen-bond donors (Lipinski definition) is 2. The lowest BCUT2D eigenvalue weighted by Crippen LogP contribution is -2.42. The Morgan fingerprint density at radius 3 is 2.92 bits per heavy atom. The van der Waals surface area contributed by atoms with Crippen LogP contribution < -0.4 is 5.32 Å². The Kier molecular flexibility index (Phi) is 5.30. The first-order valence-corrected chi connectivity index (χ1v) is 8.78. The summed E-state index contributed by atoms with van der Waals surface area (Å²) in [7, 11) is 0. The zero-order chi connectivity index (χ0) is 16.9. The van der Waals surface area contributed by atoms with Crippen molar-refractivity contribution in [1.82, 2.24) is 14.9 Å². The van der Waals surface area contributed by atoms with E-state index in [1.54, 1.807) is 12.1 Å². The van der Waals surface area contributed by atoms with Crippen molar-refractivity contribution in [2.45, 2.75) is 39.2 Å². The number of para-hydroxylation sites is 1. The van der Waals surface area contributed by atoms with Crippen molar-refractivity contribution < 1.29 is 5.11 Å². The van der Waals surface area contributed by atoms with Gasteiger partial charge in [-0.2, -0.15) is 0 Å². The number of likely N-dealkylation sites (tertiary alicyclic amines) is 1. The summed E-state index contributed by atoms with van der Waals surface area (Å²) in [6, 6.07) is 9.59. The molecule has 1 fully saturated rings. The van der Waals surface area contributed by atoms with E-state index >= 15 is 0 Å². The number of aromatic hydroxyl groups is 1. The molecule has 0 aliphatic carbocycles. The van der Waals surface area contributed by atoms with Gasteiger partial charge in [0.05, 0.1) is 5.56 Å². The molecule has 2 N–H and O–H groups in total. The Balaban J connectivity index is 1.78. The topological polar surface area (TPSA) is 61.3 Å². The van der Waals surface area contributed by atoms with E-state index in [1.165, 1.54) is 19.4 Å². The molecule has 0 spiro atoms. The maximum atomic E-state index is 10.1. The second-order valence-corrected chi connectivity index (χ2v) is 6.52. The number of phenols is 1. The number of nitrogens with zero attached hydrogens (tertiary/aromatic N) is 3. The van der Waals surface area contributed by atoms with Crippen LogP contribution >= 0.6 is 0 Å². The third kappa shape index (κ3) is 4.03. The average molecular weight is 326 g/mol. The Hall–Kier alpha value is -2.14. The van der Waals surface area contributed by atoms with Crippen LogP contribution in [0.1, 0.15) is 31.9 Å². The van der Waals surface area contributed by atoms with Crippen LogP contribution in [0.4, 0.5) is 5.82 Å². The van der Waals surface area contributed by atoms with Crippen molar-refractivity contribution in [3.63, 3.8) is 0 Å². The summed E-state index contributed by atoms with van der Waals surface area (Å²) in [6.45, 7) is 7.59. The highest BCUT2D eigenvalue weighted by Crippen LogP contribution is 2.27. The van der Waals surface area contributed by atoms with Crippen LogP contribution in [0.3, 0.4) is 0 Å². The van der Waals surface area contributed by atoms with E-state index in [1.807, 2.05) is 25.1 Å². The lowest BCUT2D eigenvalue weighted by molar-refractivity contribution is 0.216. The molecular weight excluding hydrogens is 300 g/mol. The van der Waals surface area contributed by atoms with Crippen LogP contribution in [0.5, 0.6) is 5.75 Å². The molecule has 0 amide bonds. The molecule has 2 aromatic rings. The van der Waals surface area contributed by atoms with Gasteiger partial charge in [0.1, 0.15) is 11.6 Å². The number of aryl methyl sites for hydroxylation is 1. The molecule has 24 heavy (non-hydrogen) atoms. The molecule has 0 bridgehead atoms. The van der Waals surface area contributed by atoms with Crippen molar-refractivity contribution >= 4 is 5.82 Å². The highest BCUT2D eigenvalue weighted by molar-refractivity contribution is 5.64. The smallest absolute Gasteiger partial charge is 0.165 e. The number of anilines is 1. The van der Waals surface area contributed by atoms with Crippen LogP contribution in [0, 0.1) is 6.92 Å². The van der Waals surface area contributed by atoms with Gasteiger partial charge in [-0.3, -0.25) is 0 Å². The van der Waals surface area contributed by atoms with Crippen LogP contribution in [-0.2, 0) is 0 Å². The highest BCUT2D eigenvalue weighted by Gasteiger charge is 2.20. The van der Waals surface area contributed by atoms with E-state index in [-0.39, 0.29) is 5.75 Å². The van der Waals surface area contributed by atoms with Crippen molar-refractivity contribution in [2.24, 2.45) is 0 Å². The van der Waals surface area contributed by atoms with Gasteiger partial charge in [-0.25, -0.2) is 9.97 Å². The van der Waals surface area contributed by atoms with Crippen molar-refractivity contribution in [3.8, 4) is 17.1 Å². The predicted octanol–water partition coefficient (Wildman–Crippen LogP) is 3.44. The van der Waals surface area contributed by atoms with Gasteiger partial charge >= 0.3 is 0 Å². The molecule has 3 rings (SSSR count). The predicted molar refractivity (Wildman–Crippen MR) is 97.2 cm³/mol. The maximum absolute atomic E-state index is 10.1. The number of phenolic OH excluding ortho intramolecular Hbond substituents is 1. The van der Waals surface area contributed by atoms with Gasteiger partial charge < -0.3 is 15.3 Å². The second kappa shape index (κ2) is 7.62. The largest absolute Gasteiger partial charge is 0.507 e. The molecule has 1 aromatic heterocycles. The first-order valence-electron chi connectivity index (χ1n) is 8.78. The van der Waals surface area contributed by atoms with Gasteiger partial charge in [0.15, 0.2) is 5.82 Å². The van der Waals surface area contributed by atoms with Gasteiger partial charge in [-0.15, -0.1) is 0 Å². The van der Waals surface area contributed by atoms with E-state index in [9.17, 15) is 5.11 Å². The molecule has 1 atom stereocenters. The third-order valence-electron chi connectivity index (χ3n) is 4.40. The van der Waals surface area contributed by atoms with Crippen molar-refractivity contribution in [3.05, 3.63) is 36.0 Å². The summed E-state index contributed by atoms with van der Waals surface area (Å²) in [5.74, 6) is 1.61. The molecule has 1 aliphatic heterocycles. The Labute approximate surface area is 143 Å². The number of rotatable bonds is 5. The van der Waals surface area contributed by atoms with E-state index in [2.05, 4.69) is 27.1 Å². The van der Waals surface area contributed by atoms with Crippen LogP contribution in [0.25, 0.3) is 11.4 Å². The lowest BCUT2D eigenvalue weighted by atomic mass is 10.1. The standard InChI is InChI=1S/C19H26N4O/c1-3-10-23-11-6-7-15(13-23)21-18-12-14(2)20-19(22-18)16-8-4-5-9-17(16)24/h4-5,8-9,12,15,24H,3,6-7,10-11,13H2,1-2H3,(H,20,21,22). The molecule has 0 saturated carbocycles. The molecule has 1 aromatic carbocycles. The van der Waals surface area contributed by atoms with E-state index in [0.29, 0.717) is 17.4 Å². The highest BCUT2D eigenvalue weighted by atomic mass is 16.3. The fourth-order valence-electron chi connectivity index (χ4n) is 3.33. The number of hydrogen-bond acceptors (Lipinski definition) is 5. The molecular formula is C19H26N4O. The SMILES string of the molecule is CCCN1CCCC(Nc2cc(C)nc(-c3ccccc3O)n2)C1. The van der Waals surface area contributed by atoms with Crippen LogP contribution in [0.15, 0.2) is 30.3 Å². The zero-order valence-corrected chi connectivity index (χ0v) is 14.5. The fourth-order valence-corrected chi connectivity index (χ4v) is 3.33. The molecule has 0 radical (unpaired) electrons. The minimum atomic E-state index is 0.209. The van der Waals surface area contributed by atoms with Crippen LogP contribution in [0.2, 0.25) is 0 Å². The Bertz CT molecular complexity index is 687. The quantitative estimate of drug-likeness (QED) is 0.881. The number of aromatic nitrogens is 2. The first kappa shape index (κ1) is 16.7. The van der Waals surface area contributed by atoms with Gasteiger partial charge in [0, 0.05) is 24.3 Å². The van der Waals surface area contributed by atoms with E-state index in [4.69, 9.17) is 0 Å². The number of piperidine rings is 1. The van der Waals surface area contributed by atoms with Crippen molar-refractivity contribution in [1.29, 1.82) is 0 Å². The zero-order valence-electron chi connectivity index (χ0n) is 14.5. The average Bonchev–Trinajstić information content (AvgIpc) is 2.55. The fraction of sp³-hybridized carbons (Fsp3) is 0.474. The van der Waals surface area contributed by atoms with Gasteiger partial charge in [0.2, 0.25) is 0 Å². The molecule has 2 heterocycles. The summed E-state index contributed by atoms with van der Waals surface area (Å²) in [5.41, 5.74) is 1.56. The molecule has 128 valence electrons. The van der Waals surface area contributed by atoms with E-state index < -0.39 is 0 Å². The molecule has 1 unspecified atom stereocenters. The van der Waals surface area contributed by atoms with Gasteiger partial charge in [0.25, 0.3) is 0 Å². The third-order valence-corrected chi connectivity index (χ3v) is 4.40. The normalized spacial score (nSPS) is 18.5. The lowest BCUT2D eigenvalue weighted by Gasteiger charge is -2.33. The molecule has 1 aliphatic rings. The summed E-state index contributed by atoms with van der Waals surface area (Å²) < 4.78 is 0. The Morgan fingerprint density at radius 2 is 2.12 bits per heavy atom. The summed E-state index contributed by atoms with van der Waals surface area (Å²) in [6.07, 6.45) is 3.57. The first-order chi connectivity index (χ1) is 11.7. The minimum absolute atomic E-state index is 0.209. The van der Waals surface area contributed by atoms with Gasteiger partial charge in [-0.1, -0.05) is 19.1 Å². The van der Waals surface area contributed by atoms with Gasteiger partial charge in [-0.05, 0) is 51.4 Å². The molecule has 1 saturated heterocycles. The van der Waals surface area contributed by atoms with Crippen LogP contribution in [-0.4, -0.2) is 45.7 Å². The minimum Gasteiger partial charge on any atom is -0.507 e. The summed E-state index contributed by atoms with van der Waals surface area (Å²) in [4.78, 5) is 11.6. The number of benzene rings is 1. The Morgan fingerprint density at radius 1 is 1.29 bits per heavy atom. The van der Waals surface area contributed by atoms with E-state index in [0.717, 1.165) is 31.0 Å². The monoisotopic (exact) mass is 326 g/mol. The molecule has 5 nitrogen and oxygen atoms in total. The second-order valence-electron chi connectivity index (χ2n) is 6.52. The summed E-state index contributed by atoms with van der Waals surface area (Å²) >= 11 is 0. The molecule has 5 heteroatoms. The van der Waals surface area contributed by atoms with Crippen molar-refractivity contribution in [2.75, 3.05) is 25.0 Å². The maximum Gasteiger partial charge on any atom is 0.165 e.